The van der Waals surface area contributed by atoms with Gasteiger partial charge in [0.1, 0.15) is 0 Å². The molecule has 1 unspecified atom stereocenters. The Morgan fingerprint density at radius 2 is 2.22 bits per heavy atom. The second kappa shape index (κ2) is 8.17. The van der Waals surface area contributed by atoms with Crippen molar-refractivity contribution in [3.8, 4) is 0 Å². The summed E-state index contributed by atoms with van der Waals surface area (Å²) in [5, 5.41) is 6.00. The number of carbonyl (C=O) groups is 2. The molecule has 1 atom stereocenters. The molecule has 1 fully saturated rings. The second-order valence-corrected chi connectivity index (χ2v) is 6.05. The Balaban J connectivity index is 1.73. The number of morpholine rings is 1. The molecule has 7 heteroatoms. The molecule has 2 rings (SSSR count). The summed E-state index contributed by atoms with van der Waals surface area (Å²) >= 11 is 6.07. The van der Waals surface area contributed by atoms with E-state index in [1.807, 2.05) is 19.9 Å². The minimum Gasteiger partial charge on any atom is -0.375 e. The fourth-order valence-corrected chi connectivity index (χ4v) is 2.61. The molecule has 0 bridgehead atoms. The highest BCUT2D eigenvalue weighted by molar-refractivity contribution is 6.33. The lowest BCUT2D eigenvalue weighted by atomic mass is 10.2. The van der Waals surface area contributed by atoms with Crippen molar-refractivity contribution in [1.29, 1.82) is 0 Å². The molecular weight excluding hydrogens is 318 g/mol. The van der Waals surface area contributed by atoms with Gasteiger partial charge in [-0.2, -0.15) is 0 Å². The fraction of sp³-hybridized carbons (Fsp3) is 0.500. The molecule has 2 N–H and O–H groups in total. The lowest BCUT2D eigenvalue weighted by molar-refractivity contribution is -0.116. The van der Waals surface area contributed by atoms with Gasteiger partial charge < -0.3 is 20.3 Å². The van der Waals surface area contributed by atoms with Gasteiger partial charge >= 0.3 is 6.03 Å². The van der Waals surface area contributed by atoms with Gasteiger partial charge in [-0.3, -0.25) is 4.79 Å². The highest BCUT2D eigenvalue weighted by Gasteiger charge is 2.21. The van der Waals surface area contributed by atoms with Crippen LogP contribution in [0.5, 0.6) is 0 Å². The number of anilines is 1. The van der Waals surface area contributed by atoms with Gasteiger partial charge in [0.2, 0.25) is 5.91 Å². The van der Waals surface area contributed by atoms with Crippen LogP contribution in [-0.4, -0.2) is 49.2 Å². The number of ether oxygens (including phenoxy) is 1. The number of nitrogens with zero attached hydrogens (tertiary/aromatic N) is 1. The predicted molar refractivity (Wildman–Crippen MR) is 89.8 cm³/mol. The molecule has 23 heavy (non-hydrogen) atoms. The Kier molecular flexibility index (Phi) is 6.24. The summed E-state index contributed by atoms with van der Waals surface area (Å²) in [5.74, 6) is -0.189. The highest BCUT2D eigenvalue weighted by atomic mass is 35.5. The van der Waals surface area contributed by atoms with E-state index >= 15 is 0 Å². The summed E-state index contributed by atoms with van der Waals surface area (Å²) in [7, 11) is 0. The van der Waals surface area contributed by atoms with E-state index in [4.69, 9.17) is 16.3 Å². The number of nitrogens with one attached hydrogen (secondary N) is 2. The molecule has 1 aromatic carbocycles. The largest absolute Gasteiger partial charge is 0.375 e. The molecule has 6 nitrogen and oxygen atoms in total. The number of hydrogen-bond donors (Lipinski definition) is 2. The summed E-state index contributed by atoms with van der Waals surface area (Å²) in [6, 6.07) is 5.27. The lowest BCUT2D eigenvalue weighted by Crippen LogP contribution is -2.49. The van der Waals surface area contributed by atoms with Crippen molar-refractivity contribution in [3.63, 3.8) is 0 Å². The SMILES string of the molecule is Cc1ccc(NC(=O)CCNC(=O)N2CCOC(C)C2)c(Cl)c1. The van der Waals surface area contributed by atoms with Crippen LogP contribution < -0.4 is 10.6 Å². The van der Waals surface area contributed by atoms with Crippen molar-refractivity contribution in [2.24, 2.45) is 0 Å². The maximum absolute atomic E-state index is 12.0. The van der Waals surface area contributed by atoms with Crippen LogP contribution in [0.3, 0.4) is 0 Å². The number of hydrogen-bond acceptors (Lipinski definition) is 3. The standard InChI is InChI=1S/C16H22ClN3O3/c1-11-3-4-14(13(17)9-11)19-15(21)5-6-18-16(22)20-7-8-23-12(2)10-20/h3-4,9,12H,5-8,10H2,1-2H3,(H,18,22)(H,19,21). The summed E-state index contributed by atoms with van der Waals surface area (Å²) in [6.07, 6.45) is 0.233. The number of amides is 3. The Hall–Kier alpha value is -1.79. The molecule has 1 aromatic rings. The first kappa shape index (κ1) is 17.6. The number of halogens is 1. The third kappa shape index (κ3) is 5.41. The van der Waals surface area contributed by atoms with Gasteiger partial charge in [-0.15, -0.1) is 0 Å². The molecule has 0 aromatic heterocycles. The van der Waals surface area contributed by atoms with E-state index in [0.717, 1.165) is 5.56 Å². The smallest absolute Gasteiger partial charge is 0.317 e. The van der Waals surface area contributed by atoms with E-state index in [0.29, 0.717) is 30.4 Å². The van der Waals surface area contributed by atoms with Crippen molar-refractivity contribution in [2.75, 3.05) is 31.6 Å². The van der Waals surface area contributed by atoms with Crippen LogP contribution in [0.4, 0.5) is 10.5 Å². The van der Waals surface area contributed by atoms with Crippen molar-refractivity contribution < 1.29 is 14.3 Å². The Morgan fingerprint density at radius 1 is 1.43 bits per heavy atom. The molecule has 0 saturated carbocycles. The third-order valence-corrected chi connectivity index (χ3v) is 3.87. The zero-order valence-electron chi connectivity index (χ0n) is 13.4. The van der Waals surface area contributed by atoms with E-state index in [-0.39, 0.29) is 31.0 Å². The summed E-state index contributed by atoms with van der Waals surface area (Å²) < 4.78 is 5.39. The number of benzene rings is 1. The van der Waals surface area contributed by atoms with E-state index in [2.05, 4.69) is 10.6 Å². The number of aryl methyl sites for hydroxylation is 1. The molecule has 126 valence electrons. The molecule has 1 aliphatic heterocycles. The minimum absolute atomic E-state index is 0.0430. The molecule has 0 radical (unpaired) electrons. The van der Waals surface area contributed by atoms with Gasteiger partial charge in [-0.05, 0) is 31.5 Å². The number of urea groups is 1. The summed E-state index contributed by atoms with van der Waals surface area (Å²) in [5.41, 5.74) is 1.61. The normalized spacial score (nSPS) is 17.7. The highest BCUT2D eigenvalue weighted by Crippen LogP contribution is 2.22. The van der Waals surface area contributed by atoms with Crippen LogP contribution in [0.2, 0.25) is 5.02 Å². The van der Waals surface area contributed by atoms with E-state index < -0.39 is 0 Å². The average molecular weight is 340 g/mol. The molecule has 1 heterocycles. The molecular formula is C16H22ClN3O3. The van der Waals surface area contributed by atoms with Crippen molar-refractivity contribution in [2.45, 2.75) is 26.4 Å². The van der Waals surface area contributed by atoms with Gasteiger partial charge in [0.25, 0.3) is 0 Å². The van der Waals surface area contributed by atoms with E-state index in [9.17, 15) is 9.59 Å². The first-order valence-electron chi connectivity index (χ1n) is 7.66. The van der Waals surface area contributed by atoms with Crippen LogP contribution in [0.1, 0.15) is 18.9 Å². The lowest BCUT2D eigenvalue weighted by Gasteiger charge is -2.31. The topological polar surface area (TPSA) is 70.7 Å². The first-order valence-corrected chi connectivity index (χ1v) is 8.04. The molecule has 1 saturated heterocycles. The molecule has 0 spiro atoms. The van der Waals surface area contributed by atoms with Gasteiger partial charge in [0.15, 0.2) is 0 Å². The van der Waals surface area contributed by atoms with Crippen LogP contribution in [0.15, 0.2) is 18.2 Å². The van der Waals surface area contributed by atoms with Gasteiger partial charge in [0.05, 0.1) is 23.4 Å². The molecule has 1 aliphatic rings. The monoisotopic (exact) mass is 339 g/mol. The van der Waals surface area contributed by atoms with Gasteiger partial charge in [-0.25, -0.2) is 4.79 Å². The van der Waals surface area contributed by atoms with E-state index in [1.54, 1.807) is 17.0 Å². The summed E-state index contributed by atoms with van der Waals surface area (Å²) in [6.45, 7) is 5.82. The Labute approximate surface area is 141 Å². The number of carbonyl (C=O) groups excluding carboxylic acids is 2. The zero-order chi connectivity index (χ0) is 16.8. The fourth-order valence-electron chi connectivity index (χ4n) is 2.33. The van der Waals surface area contributed by atoms with Crippen molar-refractivity contribution >= 4 is 29.2 Å². The maximum Gasteiger partial charge on any atom is 0.317 e. The van der Waals surface area contributed by atoms with Crippen molar-refractivity contribution in [1.82, 2.24) is 10.2 Å². The Bertz CT molecular complexity index is 580. The minimum atomic E-state index is -0.189. The van der Waals surface area contributed by atoms with Crippen LogP contribution in [0, 0.1) is 6.92 Å². The molecule has 3 amide bonds. The Morgan fingerprint density at radius 3 is 2.91 bits per heavy atom. The van der Waals surface area contributed by atoms with Gasteiger partial charge in [0, 0.05) is 26.1 Å². The molecule has 0 aliphatic carbocycles. The quantitative estimate of drug-likeness (QED) is 0.885. The number of rotatable bonds is 4. The summed E-state index contributed by atoms with van der Waals surface area (Å²) in [4.78, 5) is 25.6. The van der Waals surface area contributed by atoms with Crippen LogP contribution >= 0.6 is 11.6 Å². The predicted octanol–water partition coefficient (Wildman–Crippen LogP) is 2.41. The zero-order valence-corrected chi connectivity index (χ0v) is 14.2. The van der Waals surface area contributed by atoms with E-state index in [1.165, 1.54) is 0 Å². The first-order chi connectivity index (χ1) is 11.0. The van der Waals surface area contributed by atoms with Crippen LogP contribution in [0.25, 0.3) is 0 Å². The third-order valence-electron chi connectivity index (χ3n) is 3.56. The second-order valence-electron chi connectivity index (χ2n) is 5.64. The van der Waals surface area contributed by atoms with Crippen LogP contribution in [-0.2, 0) is 9.53 Å². The average Bonchev–Trinajstić information content (AvgIpc) is 2.50. The van der Waals surface area contributed by atoms with Crippen molar-refractivity contribution in [3.05, 3.63) is 28.8 Å². The maximum atomic E-state index is 12.0. The van der Waals surface area contributed by atoms with Gasteiger partial charge in [-0.1, -0.05) is 17.7 Å².